The lowest BCUT2D eigenvalue weighted by atomic mass is 9.97. The molecule has 0 aromatic heterocycles. The number of halogens is 2. The monoisotopic (exact) mass is 362 g/mol. The molecule has 24 heavy (non-hydrogen) atoms. The van der Waals surface area contributed by atoms with Crippen LogP contribution >= 0.6 is 10.8 Å². The van der Waals surface area contributed by atoms with Crippen LogP contribution in [0.1, 0.15) is 25.3 Å². The molecule has 1 amide bonds. The van der Waals surface area contributed by atoms with Gasteiger partial charge in [0.05, 0.1) is 6.61 Å². The number of amides is 1. The van der Waals surface area contributed by atoms with E-state index in [1.165, 1.54) is 6.08 Å². The predicted octanol–water partition coefficient (Wildman–Crippen LogP) is 4.04. The molecule has 0 radical (unpaired) electrons. The lowest BCUT2D eigenvalue weighted by Gasteiger charge is -2.35. The Morgan fingerprint density at radius 3 is 2.54 bits per heavy atom. The highest BCUT2D eigenvalue weighted by molar-refractivity contribution is 8.25. The molecule has 2 rings (SSSR count). The topological polar surface area (TPSA) is 90.8 Å². The van der Waals surface area contributed by atoms with E-state index < -0.39 is 34.4 Å². The summed E-state index contributed by atoms with van der Waals surface area (Å²) in [4.78, 5) is 11.5. The molecule has 1 aromatic rings. The van der Waals surface area contributed by atoms with Crippen LogP contribution in [0.25, 0.3) is 0 Å². The van der Waals surface area contributed by atoms with Crippen LogP contribution in [0, 0.1) is 17.6 Å². The van der Waals surface area contributed by atoms with Crippen LogP contribution in [0.4, 0.5) is 19.3 Å². The zero-order valence-corrected chi connectivity index (χ0v) is 14.1. The van der Waals surface area contributed by atoms with Crippen molar-refractivity contribution in [1.29, 1.82) is 0 Å². The average molecular weight is 362 g/mol. The smallest absolute Gasteiger partial charge is 0.411 e. The van der Waals surface area contributed by atoms with Gasteiger partial charge in [0.25, 0.3) is 0 Å². The van der Waals surface area contributed by atoms with E-state index in [1.54, 1.807) is 0 Å². The van der Waals surface area contributed by atoms with Crippen LogP contribution < -0.4 is 10.0 Å². The van der Waals surface area contributed by atoms with Gasteiger partial charge in [0, 0.05) is 29.1 Å². The molecule has 0 saturated carbocycles. The summed E-state index contributed by atoms with van der Waals surface area (Å²) in [5.41, 5.74) is -0.269. The van der Waals surface area contributed by atoms with E-state index in [4.69, 9.17) is 4.74 Å². The molecule has 4 N–H and O–H groups in total. The molecular formula is C15H20F2N2O4S. The molecule has 1 aliphatic rings. The minimum atomic E-state index is -3.04. The molecule has 0 spiro atoms. The van der Waals surface area contributed by atoms with E-state index in [0.29, 0.717) is 0 Å². The number of ether oxygens (including phenoxy) is 1. The fourth-order valence-corrected chi connectivity index (χ4v) is 3.07. The fourth-order valence-electron chi connectivity index (χ4n) is 2.14. The highest BCUT2D eigenvalue weighted by atomic mass is 32.3. The quantitative estimate of drug-likeness (QED) is 0.649. The van der Waals surface area contributed by atoms with Crippen LogP contribution in [0.3, 0.4) is 0 Å². The lowest BCUT2D eigenvalue weighted by molar-refractivity contribution is 0.147. The van der Waals surface area contributed by atoms with Crippen LogP contribution in [0.2, 0.25) is 0 Å². The normalized spacial score (nSPS) is 20.7. The largest absolute Gasteiger partial charge is 0.449 e. The third kappa shape index (κ3) is 4.91. The third-order valence-electron chi connectivity index (χ3n) is 3.26. The Morgan fingerprint density at radius 1 is 1.42 bits per heavy atom. The van der Waals surface area contributed by atoms with Gasteiger partial charge in [0.15, 0.2) is 0 Å². The minimum absolute atomic E-state index is 0.0180. The van der Waals surface area contributed by atoms with Gasteiger partial charge in [-0.05, 0) is 18.1 Å². The van der Waals surface area contributed by atoms with Gasteiger partial charge < -0.3 is 4.74 Å². The molecule has 134 valence electrons. The standard InChI is InChI=1S/C15H20F2N2O4S/c1-9(2)8-23-15(20)19-11-5-12(16)14(13(17)6-11)10-3-4-24(21,22)18-7-10/h3-6,9-10,18,21-22H,7-8H2,1-2H3,(H,19,20). The van der Waals surface area contributed by atoms with Crippen LogP contribution in [-0.2, 0) is 4.74 Å². The van der Waals surface area contributed by atoms with Gasteiger partial charge in [-0.3, -0.25) is 14.4 Å². The van der Waals surface area contributed by atoms with Crippen molar-refractivity contribution in [3.8, 4) is 0 Å². The summed E-state index contributed by atoms with van der Waals surface area (Å²) in [5, 5.41) is 3.36. The van der Waals surface area contributed by atoms with Crippen molar-refractivity contribution in [2.45, 2.75) is 19.8 Å². The highest BCUT2D eigenvalue weighted by Crippen LogP contribution is 2.41. The van der Waals surface area contributed by atoms with Gasteiger partial charge in [0.1, 0.15) is 11.6 Å². The van der Waals surface area contributed by atoms with Crippen molar-refractivity contribution < 1.29 is 27.4 Å². The zero-order chi connectivity index (χ0) is 17.9. The van der Waals surface area contributed by atoms with Gasteiger partial charge in [-0.2, -0.15) is 0 Å². The van der Waals surface area contributed by atoms with Crippen molar-refractivity contribution in [3.05, 3.63) is 40.8 Å². The molecule has 0 aliphatic carbocycles. The Kier molecular flexibility index (Phi) is 5.81. The van der Waals surface area contributed by atoms with Gasteiger partial charge in [0.2, 0.25) is 0 Å². The second-order valence-electron chi connectivity index (χ2n) is 5.85. The summed E-state index contributed by atoms with van der Waals surface area (Å²) in [5.74, 6) is -2.23. The molecule has 1 atom stereocenters. The van der Waals surface area contributed by atoms with Crippen molar-refractivity contribution in [1.82, 2.24) is 4.72 Å². The van der Waals surface area contributed by atoms with Crippen molar-refractivity contribution >= 4 is 22.6 Å². The Labute approximate surface area is 140 Å². The van der Waals surface area contributed by atoms with Crippen LogP contribution in [0.15, 0.2) is 23.6 Å². The molecule has 0 saturated heterocycles. The van der Waals surface area contributed by atoms with Gasteiger partial charge in [-0.15, -0.1) is 10.8 Å². The lowest BCUT2D eigenvalue weighted by Crippen LogP contribution is -2.28. The first kappa shape index (κ1) is 18.7. The second kappa shape index (κ2) is 7.47. The van der Waals surface area contributed by atoms with E-state index in [1.807, 2.05) is 13.8 Å². The Balaban J connectivity index is 2.13. The number of carbonyl (C=O) groups excluding carboxylic acids is 1. The minimum Gasteiger partial charge on any atom is -0.449 e. The van der Waals surface area contributed by atoms with Crippen LogP contribution in [0.5, 0.6) is 0 Å². The molecule has 6 nitrogen and oxygen atoms in total. The number of nitrogens with one attached hydrogen (secondary N) is 2. The first-order valence-electron chi connectivity index (χ1n) is 7.31. The third-order valence-corrected chi connectivity index (χ3v) is 4.39. The van der Waals surface area contributed by atoms with Gasteiger partial charge in [-0.25, -0.2) is 18.3 Å². The number of benzene rings is 1. The molecule has 1 heterocycles. The number of carbonyl (C=O) groups is 1. The molecule has 1 aliphatic heterocycles. The molecule has 1 aromatic carbocycles. The Morgan fingerprint density at radius 2 is 2.04 bits per heavy atom. The van der Waals surface area contributed by atoms with E-state index in [2.05, 4.69) is 10.0 Å². The van der Waals surface area contributed by atoms with Gasteiger partial charge >= 0.3 is 6.09 Å². The summed E-state index contributed by atoms with van der Waals surface area (Å²) in [6.07, 6.45) is 0.556. The molecular weight excluding hydrogens is 342 g/mol. The van der Waals surface area contributed by atoms with E-state index in [0.717, 1.165) is 17.5 Å². The van der Waals surface area contributed by atoms with Crippen molar-refractivity contribution in [3.63, 3.8) is 0 Å². The first-order chi connectivity index (χ1) is 11.2. The maximum absolute atomic E-state index is 14.2. The van der Waals surface area contributed by atoms with Gasteiger partial charge in [-0.1, -0.05) is 19.9 Å². The Hall–Kier alpha value is -1.68. The van der Waals surface area contributed by atoms with Crippen molar-refractivity contribution in [2.75, 3.05) is 18.5 Å². The summed E-state index contributed by atoms with van der Waals surface area (Å²) in [6.45, 7) is 3.90. The predicted molar refractivity (Wildman–Crippen MR) is 88.9 cm³/mol. The van der Waals surface area contributed by atoms with E-state index in [9.17, 15) is 22.7 Å². The maximum Gasteiger partial charge on any atom is 0.411 e. The molecule has 1 unspecified atom stereocenters. The maximum atomic E-state index is 14.2. The number of anilines is 1. The van der Waals surface area contributed by atoms with E-state index >= 15 is 0 Å². The molecule has 9 heteroatoms. The summed E-state index contributed by atoms with van der Waals surface area (Å²) in [6, 6.07) is 1.99. The Bertz CT molecular complexity index is 629. The number of hydrogen-bond acceptors (Lipinski definition) is 5. The summed E-state index contributed by atoms with van der Waals surface area (Å²) >= 11 is 0. The van der Waals surface area contributed by atoms with E-state index in [-0.39, 0.29) is 30.3 Å². The zero-order valence-electron chi connectivity index (χ0n) is 13.3. The average Bonchev–Trinajstić information content (AvgIpc) is 2.46. The highest BCUT2D eigenvalue weighted by Gasteiger charge is 2.25. The molecule has 0 fully saturated rings. The molecule has 0 bridgehead atoms. The van der Waals surface area contributed by atoms with Crippen molar-refractivity contribution in [2.24, 2.45) is 5.92 Å². The first-order valence-corrected chi connectivity index (χ1v) is 8.92. The number of hydrogen-bond donors (Lipinski definition) is 4. The fraction of sp³-hybridized carbons (Fsp3) is 0.400. The summed E-state index contributed by atoms with van der Waals surface area (Å²) in [7, 11) is -3.04. The second-order valence-corrected chi connectivity index (χ2v) is 7.59. The summed E-state index contributed by atoms with van der Waals surface area (Å²) < 4.78 is 54.6. The SMILES string of the molecule is CC(C)COC(=O)Nc1cc(F)c(C2C=CS(O)(O)NC2)c(F)c1. The van der Waals surface area contributed by atoms with Crippen LogP contribution in [-0.4, -0.2) is 28.4 Å². The number of rotatable bonds is 4.